The van der Waals surface area contributed by atoms with Gasteiger partial charge in [-0.05, 0) is 12.1 Å². The van der Waals surface area contributed by atoms with Gasteiger partial charge in [-0.2, -0.15) is 0 Å². The average molecular weight is 511 g/mol. The van der Waals surface area contributed by atoms with Crippen molar-refractivity contribution in [2.24, 2.45) is 10.2 Å². The third-order valence-electron chi connectivity index (χ3n) is 3.84. The SMILES string of the molecule is [Cl][Fe]([Cl])([Cl])[Cl].c1ccc(C2=NN(c3ccccc3)C[N+](c3ccccc3)=N2)cc1. The second kappa shape index (κ2) is 10.4. The number of hydrazone groups is 1. The number of amidine groups is 1. The van der Waals surface area contributed by atoms with Crippen LogP contribution in [0.3, 0.4) is 0 Å². The molecular formula is C20H17Cl4FeN4+. The van der Waals surface area contributed by atoms with Gasteiger partial charge in [-0.3, -0.25) is 0 Å². The Balaban J connectivity index is 0.000000431. The Labute approximate surface area is 189 Å². The summed E-state index contributed by atoms with van der Waals surface area (Å²) in [5.74, 6) is 0.703. The molecule has 0 spiro atoms. The summed E-state index contributed by atoms with van der Waals surface area (Å²) in [5, 5.41) is 11.5. The zero-order valence-electron chi connectivity index (χ0n) is 15.0. The minimum atomic E-state index is -2.61. The molecule has 0 unspecified atom stereocenters. The average Bonchev–Trinajstić information content (AvgIpc) is 2.74. The van der Waals surface area contributed by atoms with E-state index in [1.165, 1.54) is 0 Å². The summed E-state index contributed by atoms with van der Waals surface area (Å²) in [6.45, 7) is 0.574. The van der Waals surface area contributed by atoms with E-state index in [0.717, 1.165) is 16.9 Å². The van der Waals surface area contributed by atoms with E-state index in [0.29, 0.717) is 12.5 Å². The fourth-order valence-corrected chi connectivity index (χ4v) is 2.62. The van der Waals surface area contributed by atoms with E-state index in [9.17, 15) is 0 Å². The molecule has 0 aromatic heterocycles. The second-order valence-electron chi connectivity index (χ2n) is 5.80. The van der Waals surface area contributed by atoms with Crippen molar-refractivity contribution >= 4 is 57.6 Å². The smallest absolute Gasteiger partial charge is 0.201 e. The van der Waals surface area contributed by atoms with Crippen molar-refractivity contribution in [1.29, 1.82) is 0 Å². The van der Waals surface area contributed by atoms with Crippen molar-refractivity contribution in [3.05, 3.63) is 96.6 Å². The quantitative estimate of drug-likeness (QED) is 0.267. The number of rotatable bonds is 3. The molecule has 4 nitrogen and oxygen atoms in total. The molecule has 0 N–H and O–H groups in total. The van der Waals surface area contributed by atoms with Gasteiger partial charge >= 0.3 is 49.6 Å². The van der Waals surface area contributed by atoms with Gasteiger partial charge in [0, 0.05) is 22.8 Å². The second-order valence-corrected chi connectivity index (χ2v) is 16.7. The Bertz CT molecular complexity index is 972. The van der Waals surface area contributed by atoms with Gasteiger partial charge in [0.1, 0.15) is 0 Å². The molecule has 29 heavy (non-hydrogen) atoms. The number of para-hydroxylation sites is 2. The van der Waals surface area contributed by atoms with Gasteiger partial charge in [0.05, 0.1) is 5.69 Å². The van der Waals surface area contributed by atoms with Crippen LogP contribution < -0.4 is 5.01 Å². The van der Waals surface area contributed by atoms with Crippen LogP contribution in [0.4, 0.5) is 11.4 Å². The zero-order chi connectivity index (χ0) is 20.7. The van der Waals surface area contributed by atoms with Gasteiger partial charge in [-0.25, -0.2) is 5.01 Å². The van der Waals surface area contributed by atoms with E-state index in [4.69, 9.17) is 50.6 Å². The third kappa shape index (κ3) is 7.31. The number of hydrogen-bond acceptors (Lipinski definition) is 3. The van der Waals surface area contributed by atoms with E-state index in [2.05, 4.69) is 24.3 Å². The first-order valence-electron chi connectivity index (χ1n) is 8.44. The van der Waals surface area contributed by atoms with Gasteiger partial charge in [-0.15, -0.1) is 5.10 Å². The van der Waals surface area contributed by atoms with Crippen LogP contribution in [0.1, 0.15) is 5.56 Å². The molecule has 0 saturated carbocycles. The summed E-state index contributed by atoms with van der Waals surface area (Å²) >= 11 is 0. The van der Waals surface area contributed by atoms with Crippen molar-refractivity contribution in [3.8, 4) is 0 Å². The Morgan fingerprint density at radius 1 is 0.724 bits per heavy atom. The molecule has 0 radical (unpaired) electrons. The first kappa shape index (κ1) is 22.1. The van der Waals surface area contributed by atoms with Crippen LogP contribution in [0.5, 0.6) is 0 Å². The number of benzene rings is 3. The van der Waals surface area contributed by atoms with Crippen molar-refractivity contribution < 1.29 is 13.9 Å². The Kier molecular flexibility index (Phi) is 7.96. The van der Waals surface area contributed by atoms with E-state index in [-0.39, 0.29) is 0 Å². The molecule has 0 fully saturated rings. The number of halogens is 4. The van der Waals surface area contributed by atoms with Crippen LogP contribution in [-0.2, 0) is 9.20 Å². The van der Waals surface area contributed by atoms with Crippen molar-refractivity contribution in [2.75, 3.05) is 11.7 Å². The predicted octanol–water partition coefficient (Wildman–Crippen LogP) is 7.38. The third-order valence-corrected chi connectivity index (χ3v) is 3.84. The summed E-state index contributed by atoms with van der Waals surface area (Å²) in [5.41, 5.74) is 3.09. The molecule has 0 atom stereocenters. The number of hydrogen-bond donors (Lipinski definition) is 0. The molecule has 3 aromatic rings. The molecule has 4 rings (SSSR count). The van der Waals surface area contributed by atoms with Gasteiger partial charge in [0.2, 0.25) is 11.5 Å². The van der Waals surface area contributed by atoms with E-state index in [1.54, 1.807) is 0 Å². The first-order valence-corrected chi connectivity index (χ1v) is 14.5. The monoisotopic (exact) mass is 509 g/mol. The van der Waals surface area contributed by atoms with E-state index < -0.39 is 9.20 Å². The molecule has 1 aliphatic heterocycles. The number of azo groups is 2. The number of anilines is 1. The van der Waals surface area contributed by atoms with Crippen LogP contribution in [0, 0.1) is 0 Å². The molecule has 0 saturated heterocycles. The Hall–Kier alpha value is -1.59. The normalized spacial score (nSPS) is 14.3. The Morgan fingerprint density at radius 3 is 1.76 bits per heavy atom. The minimum absolute atomic E-state index is 0.574. The van der Waals surface area contributed by atoms with Crippen molar-refractivity contribution in [1.82, 2.24) is 0 Å². The Morgan fingerprint density at radius 2 is 1.21 bits per heavy atom. The maximum Gasteiger partial charge on any atom is 0.269 e. The summed E-state index contributed by atoms with van der Waals surface area (Å²) < 4.78 is 1.97. The zero-order valence-corrected chi connectivity index (χ0v) is 19.1. The maximum absolute atomic E-state index is 4.95. The molecular weight excluding hydrogens is 494 g/mol. The molecule has 152 valence electrons. The standard InChI is InChI=1S/C20H17N4.4ClH.Fe/c1-4-10-17(11-5-1)20-21-23(18-12-6-2-7-13-18)16-24(22-20)19-14-8-3-9-15-19;;;;;/h1-15H,16H2;4*1H;/q+1;;;;;+4/p-4. The largest absolute Gasteiger partial charge is 0.269 e. The van der Waals surface area contributed by atoms with Crippen LogP contribution in [-0.4, -0.2) is 17.2 Å². The fraction of sp³-hybridized carbons (Fsp3) is 0.0500. The molecule has 0 bridgehead atoms. The van der Waals surface area contributed by atoms with Gasteiger partial charge < -0.3 is 0 Å². The van der Waals surface area contributed by atoms with Crippen LogP contribution in [0.2, 0.25) is 0 Å². The molecule has 9 heteroatoms. The molecule has 1 heterocycles. The fourth-order valence-electron chi connectivity index (χ4n) is 2.62. The van der Waals surface area contributed by atoms with Gasteiger partial charge in [0.25, 0.3) is 6.67 Å². The summed E-state index contributed by atoms with van der Waals surface area (Å²) in [4.78, 5) is 0. The van der Waals surface area contributed by atoms with Crippen LogP contribution in [0.25, 0.3) is 0 Å². The van der Waals surface area contributed by atoms with E-state index >= 15 is 0 Å². The first-order chi connectivity index (χ1) is 13.9. The molecule has 0 aliphatic carbocycles. The molecule has 0 amide bonds. The van der Waals surface area contributed by atoms with E-state index in [1.807, 2.05) is 76.4 Å². The molecule has 3 aromatic carbocycles. The summed E-state index contributed by atoms with van der Waals surface area (Å²) in [6.07, 6.45) is 0. The summed E-state index contributed by atoms with van der Waals surface area (Å²) in [7, 11) is 17.2. The van der Waals surface area contributed by atoms with Gasteiger partial charge in [-0.1, -0.05) is 71.4 Å². The van der Waals surface area contributed by atoms with Crippen molar-refractivity contribution in [3.63, 3.8) is 0 Å². The van der Waals surface area contributed by atoms with Gasteiger partial charge in [0.15, 0.2) is 0 Å². The van der Waals surface area contributed by atoms with Crippen molar-refractivity contribution in [2.45, 2.75) is 0 Å². The minimum Gasteiger partial charge on any atom is -0.201 e. The molecule has 1 aliphatic rings. The van der Waals surface area contributed by atoms with Crippen LogP contribution in [0.15, 0.2) is 101 Å². The predicted molar refractivity (Wildman–Crippen MR) is 119 cm³/mol. The van der Waals surface area contributed by atoms with Crippen LogP contribution >= 0.6 is 40.4 Å². The summed E-state index contributed by atoms with van der Waals surface area (Å²) in [6, 6.07) is 30.4. The number of nitrogens with zero attached hydrogens (tertiary/aromatic N) is 4. The topological polar surface area (TPSA) is 31.0 Å². The maximum atomic E-state index is 4.95.